The van der Waals surface area contributed by atoms with E-state index in [0.29, 0.717) is 6.04 Å². The van der Waals surface area contributed by atoms with Gasteiger partial charge in [0.15, 0.2) is 0 Å². The third-order valence-corrected chi connectivity index (χ3v) is 3.86. The first-order valence-electron chi connectivity index (χ1n) is 6.34. The van der Waals surface area contributed by atoms with Gasteiger partial charge in [-0.1, -0.05) is 6.92 Å². The summed E-state index contributed by atoms with van der Waals surface area (Å²) in [5, 5.41) is 3.47. The molecule has 0 aliphatic carbocycles. The van der Waals surface area contributed by atoms with Crippen LogP contribution in [0.25, 0.3) is 0 Å². The van der Waals surface area contributed by atoms with E-state index in [2.05, 4.69) is 28.2 Å². The molecule has 0 radical (unpaired) electrons. The Morgan fingerprint density at radius 1 is 1.56 bits per heavy atom. The number of fused-ring (bicyclic) bond motifs is 3. The van der Waals surface area contributed by atoms with Gasteiger partial charge in [0.2, 0.25) is 0 Å². The maximum atomic E-state index is 4.61. The predicted molar refractivity (Wildman–Crippen MR) is 65.9 cm³/mol. The van der Waals surface area contributed by atoms with Crippen molar-refractivity contribution in [1.82, 2.24) is 10.3 Å². The van der Waals surface area contributed by atoms with Crippen LogP contribution in [0, 0.1) is 0 Å². The molecule has 16 heavy (non-hydrogen) atoms. The summed E-state index contributed by atoms with van der Waals surface area (Å²) in [6.07, 6.45) is 5.58. The summed E-state index contributed by atoms with van der Waals surface area (Å²) >= 11 is 0. The molecule has 0 amide bonds. The van der Waals surface area contributed by atoms with E-state index in [9.17, 15) is 0 Å². The fraction of sp³-hybridized carbons (Fsp3) is 0.615. The standard InChI is InChI=1S/C13H19N3/c1-2-10-5-6-15-13-12(10)4-3-11-9-14-7-8-16(11)13/h5-6,11,14H,2-4,7-9H2,1H3. The number of anilines is 1. The average Bonchev–Trinajstić information content (AvgIpc) is 2.37. The van der Waals surface area contributed by atoms with Crippen molar-refractivity contribution in [3.63, 3.8) is 0 Å². The van der Waals surface area contributed by atoms with Crippen molar-refractivity contribution >= 4 is 5.82 Å². The second-order valence-electron chi connectivity index (χ2n) is 4.72. The molecule has 3 nitrogen and oxygen atoms in total. The summed E-state index contributed by atoms with van der Waals surface area (Å²) in [6, 6.07) is 2.85. The zero-order valence-electron chi connectivity index (χ0n) is 9.87. The van der Waals surface area contributed by atoms with Crippen LogP contribution in [-0.4, -0.2) is 30.7 Å². The average molecular weight is 217 g/mol. The quantitative estimate of drug-likeness (QED) is 0.770. The zero-order chi connectivity index (χ0) is 11.0. The fourth-order valence-corrected chi connectivity index (χ4v) is 2.98. The highest BCUT2D eigenvalue weighted by atomic mass is 15.3. The van der Waals surface area contributed by atoms with Crippen LogP contribution in [0.1, 0.15) is 24.5 Å². The molecule has 0 bridgehead atoms. The summed E-state index contributed by atoms with van der Waals surface area (Å²) < 4.78 is 0. The van der Waals surface area contributed by atoms with Gasteiger partial charge in [0.1, 0.15) is 5.82 Å². The second-order valence-corrected chi connectivity index (χ2v) is 4.72. The number of rotatable bonds is 1. The number of nitrogens with zero attached hydrogens (tertiary/aromatic N) is 2. The summed E-state index contributed by atoms with van der Waals surface area (Å²) in [5.74, 6) is 1.26. The van der Waals surface area contributed by atoms with Gasteiger partial charge in [0.25, 0.3) is 0 Å². The van der Waals surface area contributed by atoms with E-state index in [0.717, 1.165) is 26.1 Å². The van der Waals surface area contributed by atoms with Gasteiger partial charge < -0.3 is 10.2 Å². The van der Waals surface area contributed by atoms with Gasteiger partial charge in [-0.15, -0.1) is 0 Å². The van der Waals surface area contributed by atoms with Crippen molar-refractivity contribution in [2.75, 3.05) is 24.5 Å². The molecular weight excluding hydrogens is 198 g/mol. The molecule has 1 aromatic rings. The Hall–Kier alpha value is -1.09. The van der Waals surface area contributed by atoms with Crippen LogP contribution >= 0.6 is 0 Å². The van der Waals surface area contributed by atoms with Crippen molar-refractivity contribution in [3.05, 3.63) is 23.4 Å². The molecule has 1 N–H and O–H groups in total. The van der Waals surface area contributed by atoms with E-state index in [1.807, 2.05) is 6.20 Å². The minimum Gasteiger partial charge on any atom is -0.351 e. The number of nitrogens with one attached hydrogen (secondary N) is 1. The van der Waals surface area contributed by atoms with Crippen molar-refractivity contribution in [2.45, 2.75) is 32.2 Å². The molecule has 86 valence electrons. The Bertz CT molecular complexity index is 389. The van der Waals surface area contributed by atoms with Crippen LogP contribution < -0.4 is 10.2 Å². The third kappa shape index (κ3) is 1.50. The first-order chi connectivity index (χ1) is 7.90. The minimum absolute atomic E-state index is 0.667. The van der Waals surface area contributed by atoms with E-state index < -0.39 is 0 Å². The van der Waals surface area contributed by atoms with Gasteiger partial charge in [-0.3, -0.25) is 0 Å². The second kappa shape index (κ2) is 4.06. The molecule has 1 aromatic heterocycles. The van der Waals surface area contributed by atoms with Crippen LogP contribution in [0.15, 0.2) is 12.3 Å². The Kier molecular flexibility index (Phi) is 2.56. The molecule has 3 heteroatoms. The van der Waals surface area contributed by atoms with Crippen molar-refractivity contribution in [2.24, 2.45) is 0 Å². The number of hydrogen-bond acceptors (Lipinski definition) is 3. The summed E-state index contributed by atoms with van der Waals surface area (Å²) in [4.78, 5) is 7.12. The van der Waals surface area contributed by atoms with Crippen LogP contribution in [-0.2, 0) is 12.8 Å². The number of aryl methyl sites for hydroxylation is 1. The summed E-state index contributed by atoms with van der Waals surface area (Å²) in [5.41, 5.74) is 2.99. The van der Waals surface area contributed by atoms with E-state index in [4.69, 9.17) is 0 Å². The predicted octanol–water partition coefficient (Wildman–Crippen LogP) is 1.37. The lowest BCUT2D eigenvalue weighted by Crippen LogP contribution is -2.53. The largest absolute Gasteiger partial charge is 0.351 e. The first kappa shape index (κ1) is 10.1. The molecule has 1 saturated heterocycles. The normalized spacial score (nSPS) is 23.8. The Morgan fingerprint density at radius 2 is 2.50 bits per heavy atom. The lowest BCUT2D eigenvalue weighted by Gasteiger charge is -2.41. The fourth-order valence-electron chi connectivity index (χ4n) is 2.98. The molecule has 0 saturated carbocycles. The molecule has 1 atom stereocenters. The molecular formula is C13H19N3. The highest BCUT2D eigenvalue weighted by Gasteiger charge is 2.29. The smallest absolute Gasteiger partial charge is 0.132 e. The van der Waals surface area contributed by atoms with Crippen LogP contribution in [0.5, 0.6) is 0 Å². The maximum absolute atomic E-state index is 4.61. The van der Waals surface area contributed by atoms with Gasteiger partial charge in [-0.05, 0) is 36.5 Å². The lowest BCUT2D eigenvalue weighted by atomic mass is 9.93. The molecule has 2 aliphatic rings. The number of piperazine rings is 1. The Balaban J connectivity index is 2.01. The molecule has 1 fully saturated rings. The van der Waals surface area contributed by atoms with Crippen molar-refractivity contribution in [1.29, 1.82) is 0 Å². The number of aromatic nitrogens is 1. The van der Waals surface area contributed by atoms with E-state index in [1.165, 1.54) is 29.8 Å². The van der Waals surface area contributed by atoms with Gasteiger partial charge in [0, 0.05) is 31.9 Å². The topological polar surface area (TPSA) is 28.2 Å². The van der Waals surface area contributed by atoms with Gasteiger partial charge >= 0.3 is 0 Å². The molecule has 1 unspecified atom stereocenters. The van der Waals surface area contributed by atoms with Gasteiger partial charge in [0.05, 0.1) is 0 Å². The van der Waals surface area contributed by atoms with Crippen LogP contribution in [0.4, 0.5) is 5.82 Å². The molecule has 2 aliphatic heterocycles. The molecule has 3 rings (SSSR count). The number of hydrogen-bond donors (Lipinski definition) is 1. The van der Waals surface area contributed by atoms with Crippen LogP contribution in [0.2, 0.25) is 0 Å². The van der Waals surface area contributed by atoms with Crippen LogP contribution in [0.3, 0.4) is 0 Å². The molecule has 0 aromatic carbocycles. The van der Waals surface area contributed by atoms with E-state index >= 15 is 0 Å². The molecule has 3 heterocycles. The van der Waals surface area contributed by atoms with Gasteiger partial charge in [-0.25, -0.2) is 4.98 Å². The van der Waals surface area contributed by atoms with Gasteiger partial charge in [-0.2, -0.15) is 0 Å². The Labute approximate surface area is 96.9 Å². The summed E-state index contributed by atoms with van der Waals surface area (Å²) in [7, 11) is 0. The monoisotopic (exact) mass is 217 g/mol. The van der Waals surface area contributed by atoms with Crippen molar-refractivity contribution in [3.8, 4) is 0 Å². The van der Waals surface area contributed by atoms with E-state index in [1.54, 1.807) is 0 Å². The highest BCUT2D eigenvalue weighted by molar-refractivity contribution is 5.54. The molecule has 0 spiro atoms. The lowest BCUT2D eigenvalue weighted by molar-refractivity contribution is 0.435. The van der Waals surface area contributed by atoms with Crippen molar-refractivity contribution < 1.29 is 0 Å². The SMILES string of the molecule is CCc1ccnc2c1CCC1CNCCN21. The minimum atomic E-state index is 0.667. The zero-order valence-corrected chi connectivity index (χ0v) is 9.87. The van der Waals surface area contributed by atoms with E-state index in [-0.39, 0.29) is 0 Å². The Morgan fingerprint density at radius 3 is 3.38 bits per heavy atom. The summed E-state index contributed by atoms with van der Waals surface area (Å²) in [6.45, 7) is 5.56. The third-order valence-electron chi connectivity index (χ3n) is 3.86. The highest BCUT2D eigenvalue weighted by Crippen LogP contribution is 2.31. The number of pyridine rings is 1. The first-order valence-corrected chi connectivity index (χ1v) is 6.34. The maximum Gasteiger partial charge on any atom is 0.132 e.